The number of hydrogen-bond donors (Lipinski definition) is 2. The number of fused-ring (bicyclic) bond motifs is 1. The number of benzene rings is 2. The van der Waals surface area contributed by atoms with Crippen LogP contribution in [0.1, 0.15) is 67.4 Å². The minimum Gasteiger partial charge on any atom is -0.375 e. The third-order valence-corrected chi connectivity index (χ3v) is 6.55. The van der Waals surface area contributed by atoms with Gasteiger partial charge in [-0.25, -0.2) is 4.39 Å². The number of halogens is 1. The van der Waals surface area contributed by atoms with Crippen molar-refractivity contribution in [3.8, 4) is 0 Å². The highest BCUT2D eigenvalue weighted by molar-refractivity contribution is 5.98. The third kappa shape index (κ3) is 7.36. The number of carbonyl (C=O) groups is 2. The molecular weight excluding hydrogens is 445 g/mol. The molecule has 0 spiro atoms. The van der Waals surface area contributed by atoms with E-state index in [1.54, 1.807) is 29.2 Å². The predicted molar refractivity (Wildman–Crippen MR) is 137 cm³/mol. The van der Waals surface area contributed by atoms with Crippen LogP contribution in [0, 0.1) is 5.82 Å². The maximum atomic E-state index is 14.3. The molecule has 1 aliphatic heterocycles. The average Bonchev–Trinajstić information content (AvgIpc) is 2.83. The fourth-order valence-corrected chi connectivity index (χ4v) is 4.49. The fraction of sp³-hybridized carbons (Fsp3) is 0.500. The summed E-state index contributed by atoms with van der Waals surface area (Å²) in [5.41, 5.74) is 2.22. The Morgan fingerprint density at radius 1 is 1.09 bits per heavy atom. The summed E-state index contributed by atoms with van der Waals surface area (Å²) in [6.07, 6.45) is 5.42. The number of anilines is 1. The first-order valence-corrected chi connectivity index (χ1v) is 12.5. The maximum absolute atomic E-state index is 14.3. The van der Waals surface area contributed by atoms with E-state index in [1.165, 1.54) is 13.2 Å². The van der Waals surface area contributed by atoms with Crippen molar-refractivity contribution in [2.45, 2.75) is 57.9 Å². The van der Waals surface area contributed by atoms with Crippen molar-refractivity contribution >= 4 is 17.5 Å². The Kier molecular flexibility index (Phi) is 9.81. The second kappa shape index (κ2) is 12.8. The molecule has 3 rings (SSSR count). The lowest BCUT2D eigenvalue weighted by Gasteiger charge is -2.27. The molecule has 0 saturated heterocycles. The number of nitrogens with zero attached hydrogens (tertiary/aromatic N) is 1. The van der Waals surface area contributed by atoms with Crippen LogP contribution in [0.15, 0.2) is 42.5 Å². The molecule has 0 aromatic heterocycles. The zero-order chi connectivity index (χ0) is 25.3. The zero-order valence-electron chi connectivity index (χ0n) is 21.2. The standard InChI is InChI=1S/C28H38FN3O3/c1-28(2,23-11-7-8-12-24(23)29)20-31-27(34)21-13-14-25-22(17-21)18-30-15-9-5-4-6-10-16-32(25)26(33)19-35-3/h7-8,11-14,17,30H,4-6,9-10,15-16,18-20H2,1-3H3,(H,31,34). The molecule has 0 radical (unpaired) electrons. The Morgan fingerprint density at radius 3 is 2.60 bits per heavy atom. The second-order valence-corrected chi connectivity index (χ2v) is 9.81. The molecule has 1 heterocycles. The number of ether oxygens (including phenoxy) is 1. The summed E-state index contributed by atoms with van der Waals surface area (Å²) < 4.78 is 19.4. The lowest BCUT2D eigenvalue weighted by Crippen LogP contribution is -2.38. The van der Waals surface area contributed by atoms with Crippen LogP contribution in [0.4, 0.5) is 10.1 Å². The van der Waals surface area contributed by atoms with E-state index in [4.69, 9.17) is 4.74 Å². The molecule has 0 aliphatic carbocycles. The second-order valence-electron chi connectivity index (χ2n) is 9.81. The fourth-order valence-electron chi connectivity index (χ4n) is 4.49. The summed E-state index contributed by atoms with van der Waals surface area (Å²) in [6.45, 7) is 6.20. The molecule has 0 bridgehead atoms. The van der Waals surface area contributed by atoms with Gasteiger partial charge in [0.15, 0.2) is 0 Å². The molecule has 1 aliphatic rings. The summed E-state index contributed by atoms with van der Waals surface area (Å²) in [5.74, 6) is -0.591. The van der Waals surface area contributed by atoms with E-state index < -0.39 is 5.41 Å². The first-order chi connectivity index (χ1) is 16.8. The molecule has 2 amide bonds. The highest BCUT2D eigenvalue weighted by Crippen LogP contribution is 2.26. The monoisotopic (exact) mass is 483 g/mol. The molecule has 35 heavy (non-hydrogen) atoms. The number of hydrogen-bond acceptors (Lipinski definition) is 4. The van der Waals surface area contributed by atoms with Crippen LogP contribution in [0.25, 0.3) is 0 Å². The quantitative estimate of drug-likeness (QED) is 0.632. The van der Waals surface area contributed by atoms with Crippen LogP contribution in [0.5, 0.6) is 0 Å². The Morgan fingerprint density at radius 2 is 1.83 bits per heavy atom. The van der Waals surface area contributed by atoms with E-state index in [1.807, 2.05) is 26.0 Å². The van der Waals surface area contributed by atoms with Gasteiger partial charge in [0, 0.05) is 43.4 Å². The topological polar surface area (TPSA) is 70.7 Å². The SMILES string of the molecule is COCC(=O)N1CCCCCCCNCc2cc(C(=O)NCC(C)(C)c3ccccc3F)ccc21. The van der Waals surface area contributed by atoms with Gasteiger partial charge in [-0.05, 0) is 54.8 Å². The molecular formula is C28H38FN3O3. The van der Waals surface area contributed by atoms with E-state index in [2.05, 4.69) is 10.6 Å². The highest BCUT2D eigenvalue weighted by atomic mass is 19.1. The first kappa shape index (κ1) is 26.8. The summed E-state index contributed by atoms with van der Waals surface area (Å²) in [5, 5.41) is 6.43. The van der Waals surface area contributed by atoms with Crippen molar-refractivity contribution in [2.24, 2.45) is 0 Å². The van der Waals surface area contributed by atoms with Gasteiger partial charge in [-0.15, -0.1) is 0 Å². The van der Waals surface area contributed by atoms with Crippen molar-refractivity contribution in [3.05, 3.63) is 65.0 Å². The molecule has 0 fully saturated rings. The number of amides is 2. The molecule has 0 saturated carbocycles. The van der Waals surface area contributed by atoms with Gasteiger partial charge in [-0.2, -0.15) is 0 Å². The van der Waals surface area contributed by atoms with Crippen LogP contribution in [0.3, 0.4) is 0 Å². The Labute approximate surface area is 208 Å². The molecule has 6 nitrogen and oxygen atoms in total. The molecule has 0 unspecified atom stereocenters. The molecule has 0 atom stereocenters. The summed E-state index contributed by atoms with van der Waals surface area (Å²) in [7, 11) is 1.52. The van der Waals surface area contributed by atoms with Crippen molar-refractivity contribution in [1.29, 1.82) is 0 Å². The molecule has 7 heteroatoms. The van der Waals surface area contributed by atoms with Gasteiger partial charge in [-0.1, -0.05) is 51.3 Å². The minimum absolute atomic E-state index is 0.0141. The van der Waals surface area contributed by atoms with Gasteiger partial charge in [0.25, 0.3) is 11.8 Å². The van der Waals surface area contributed by atoms with Crippen LogP contribution in [-0.4, -0.2) is 45.2 Å². The predicted octanol–water partition coefficient (Wildman–Crippen LogP) is 4.57. The minimum atomic E-state index is -0.567. The van der Waals surface area contributed by atoms with E-state index >= 15 is 0 Å². The largest absolute Gasteiger partial charge is 0.375 e. The summed E-state index contributed by atoms with van der Waals surface area (Å²) >= 11 is 0. The molecule has 2 aromatic carbocycles. The lowest BCUT2D eigenvalue weighted by atomic mass is 9.84. The number of methoxy groups -OCH3 is 1. The van der Waals surface area contributed by atoms with Gasteiger partial charge >= 0.3 is 0 Å². The average molecular weight is 484 g/mol. The van der Waals surface area contributed by atoms with Gasteiger partial charge in [0.1, 0.15) is 12.4 Å². The first-order valence-electron chi connectivity index (χ1n) is 12.5. The van der Waals surface area contributed by atoms with Crippen LogP contribution in [0.2, 0.25) is 0 Å². The van der Waals surface area contributed by atoms with Crippen molar-refractivity contribution in [2.75, 3.05) is 38.3 Å². The lowest BCUT2D eigenvalue weighted by molar-refractivity contribution is -0.122. The highest BCUT2D eigenvalue weighted by Gasteiger charge is 2.25. The Balaban J connectivity index is 1.81. The van der Waals surface area contributed by atoms with Gasteiger partial charge in [-0.3, -0.25) is 9.59 Å². The Hall–Kier alpha value is -2.77. The van der Waals surface area contributed by atoms with E-state index in [9.17, 15) is 14.0 Å². The number of nitrogens with one attached hydrogen (secondary N) is 2. The van der Waals surface area contributed by atoms with Crippen molar-refractivity contribution in [3.63, 3.8) is 0 Å². The normalized spacial score (nSPS) is 15.5. The van der Waals surface area contributed by atoms with Crippen LogP contribution >= 0.6 is 0 Å². The zero-order valence-corrected chi connectivity index (χ0v) is 21.2. The van der Waals surface area contributed by atoms with Crippen molar-refractivity contribution in [1.82, 2.24) is 10.6 Å². The number of carbonyl (C=O) groups excluding carboxylic acids is 2. The van der Waals surface area contributed by atoms with Gasteiger partial charge < -0.3 is 20.3 Å². The smallest absolute Gasteiger partial charge is 0.252 e. The summed E-state index contributed by atoms with van der Waals surface area (Å²) in [6, 6.07) is 12.1. The van der Waals surface area contributed by atoms with E-state index in [-0.39, 0.29) is 24.2 Å². The Bertz CT molecular complexity index is 1010. The molecule has 2 aromatic rings. The summed E-state index contributed by atoms with van der Waals surface area (Å²) in [4.78, 5) is 27.7. The van der Waals surface area contributed by atoms with E-state index in [0.29, 0.717) is 30.8 Å². The third-order valence-electron chi connectivity index (χ3n) is 6.55. The molecule has 190 valence electrons. The van der Waals surface area contributed by atoms with E-state index in [0.717, 1.165) is 49.9 Å². The van der Waals surface area contributed by atoms with Gasteiger partial charge in [0.2, 0.25) is 0 Å². The van der Waals surface area contributed by atoms with Gasteiger partial charge in [0.05, 0.1) is 0 Å². The van der Waals surface area contributed by atoms with Crippen LogP contribution < -0.4 is 15.5 Å². The maximum Gasteiger partial charge on any atom is 0.252 e. The van der Waals surface area contributed by atoms with Crippen molar-refractivity contribution < 1.29 is 18.7 Å². The van der Waals surface area contributed by atoms with Crippen LogP contribution in [-0.2, 0) is 21.5 Å². The number of rotatable bonds is 6. The molecule has 2 N–H and O–H groups in total.